The van der Waals surface area contributed by atoms with Crippen molar-refractivity contribution in [1.82, 2.24) is 5.32 Å². The number of ether oxygens (including phenoxy) is 4. The first-order valence-corrected chi connectivity index (χ1v) is 13.5. The summed E-state index contributed by atoms with van der Waals surface area (Å²) in [6.07, 6.45) is 4.63. The number of methoxy groups -OCH3 is 4. The zero-order valence-electron chi connectivity index (χ0n) is 24.8. The average Bonchev–Trinajstić information content (AvgIpc) is 3.07. The lowest BCUT2D eigenvalue weighted by Gasteiger charge is -2.13. The summed E-state index contributed by atoms with van der Waals surface area (Å²) < 4.78 is 21.3. The van der Waals surface area contributed by atoms with Crippen LogP contribution in [0.15, 0.2) is 103 Å². The summed E-state index contributed by atoms with van der Waals surface area (Å²) in [5.74, 6) is 0.977. The first kappa shape index (κ1) is 31.1. The molecule has 224 valence electrons. The van der Waals surface area contributed by atoms with Crippen LogP contribution in [0.3, 0.4) is 0 Å². The van der Waals surface area contributed by atoms with Crippen LogP contribution < -0.4 is 29.6 Å². The van der Waals surface area contributed by atoms with Crippen molar-refractivity contribution >= 4 is 35.4 Å². The van der Waals surface area contributed by atoms with Gasteiger partial charge in [-0.05, 0) is 78.9 Å². The van der Waals surface area contributed by atoms with Crippen molar-refractivity contribution < 1.29 is 33.3 Å². The number of hydrogen-bond donors (Lipinski definition) is 2. The van der Waals surface area contributed by atoms with Gasteiger partial charge in [0.05, 0.1) is 28.4 Å². The molecule has 0 saturated carbocycles. The van der Waals surface area contributed by atoms with Crippen molar-refractivity contribution in [3.05, 3.63) is 125 Å². The highest BCUT2D eigenvalue weighted by molar-refractivity contribution is 6.11. The third-order valence-corrected chi connectivity index (χ3v) is 6.55. The first-order chi connectivity index (χ1) is 21.3. The van der Waals surface area contributed by atoms with E-state index >= 15 is 0 Å². The second-order valence-electron chi connectivity index (χ2n) is 9.32. The maximum absolute atomic E-state index is 13.4. The van der Waals surface area contributed by atoms with Crippen LogP contribution in [0.5, 0.6) is 23.0 Å². The number of benzene rings is 4. The third-order valence-electron chi connectivity index (χ3n) is 6.55. The van der Waals surface area contributed by atoms with Crippen LogP contribution in [-0.2, 0) is 4.79 Å². The van der Waals surface area contributed by atoms with Crippen LogP contribution in [0.25, 0.3) is 12.2 Å². The van der Waals surface area contributed by atoms with Crippen LogP contribution in [0, 0.1) is 0 Å². The molecule has 4 aromatic carbocycles. The molecule has 0 aliphatic carbocycles. The molecule has 0 aliphatic heterocycles. The molecule has 0 spiro atoms. The first-order valence-electron chi connectivity index (χ1n) is 13.5. The molecular formula is C35H32N2O7. The van der Waals surface area contributed by atoms with E-state index < -0.39 is 11.8 Å². The molecule has 0 bridgehead atoms. The Morgan fingerprint density at radius 1 is 0.636 bits per heavy atom. The minimum Gasteiger partial charge on any atom is -0.497 e. The Morgan fingerprint density at radius 2 is 1.23 bits per heavy atom. The largest absolute Gasteiger partial charge is 0.497 e. The molecule has 0 saturated heterocycles. The van der Waals surface area contributed by atoms with Gasteiger partial charge in [-0.25, -0.2) is 0 Å². The Kier molecular flexibility index (Phi) is 10.5. The van der Waals surface area contributed by atoms with Gasteiger partial charge in [0.2, 0.25) is 0 Å². The van der Waals surface area contributed by atoms with Gasteiger partial charge in [0.1, 0.15) is 28.7 Å². The predicted octanol–water partition coefficient (Wildman–Crippen LogP) is 6.03. The van der Waals surface area contributed by atoms with Crippen molar-refractivity contribution in [2.24, 2.45) is 0 Å². The number of ketones is 1. The Hall–Kier alpha value is -5.83. The lowest BCUT2D eigenvalue weighted by Crippen LogP contribution is -2.30. The van der Waals surface area contributed by atoms with E-state index in [1.54, 1.807) is 111 Å². The Bertz CT molecular complexity index is 1690. The fourth-order valence-electron chi connectivity index (χ4n) is 4.17. The zero-order chi connectivity index (χ0) is 31.5. The molecule has 4 rings (SSSR count). The summed E-state index contributed by atoms with van der Waals surface area (Å²) in [5.41, 5.74) is 2.48. The van der Waals surface area contributed by atoms with Gasteiger partial charge in [-0.1, -0.05) is 18.2 Å². The van der Waals surface area contributed by atoms with Crippen molar-refractivity contribution in [2.75, 3.05) is 33.8 Å². The van der Waals surface area contributed by atoms with Crippen LogP contribution in [0.1, 0.15) is 31.8 Å². The van der Waals surface area contributed by atoms with Gasteiger partial charge in [0.25, 0.3) is 11.8 Å². The highest BCUT2D eigenvalue weighted by atomic mass is 16.5. The predicted molar refractivity (Wildman–Crippen MR) is 169 cm³/mol. The van der Waals surface area contributed by atoms with E-state index in [9.17, 15) is 14.4 Å². The third kappa shape index (κ3) is 7.92. The zero-order valence-corrected chi connectivity index (χ0v) is 24.8. The van der Waals surface area contributed by atoms with E-state index in [1.807, 2.05) is 0 Å². The molecule has 44 heavy (non-hydrogen) atoms. The number of hydrogen-bond acceptors (Lipinski definition) is 7. The summed E-state index contributed by atoms with van der Waals surface area (Å²) in [6, 6.07) is 25.4. The summed E-state index contributed by atoms with van der Waals surface area (Å²) in [6.45, 7) is 0. The summed E-state index contributed by atoms with van der Waals surface area (Å²) in [4.78, 5) is 39.2. The van der Waals surface area contributed by atoms with Gasteiger partial charge in [-0.2, -0.15) is 0 Å². The molecule has 0 atom stereocenters. The number of nitrogens with one attached hydrogen (secondary N) is 2. The molecule has 0 heterocycles. The standard InChI is InChI=1S/C35H32N2O7/c1-41-28-17-12-24(32(21-28)43-3)14-19-31(38)23-10-15-27(16-11-23)36-35(40)30(37-34(39)25-8-6-5-7-9-25)20-26-13-18-29(42-2)22-33(26)44-4/h5-22H,1-4H3,(H,36,40)(H,37,39)/b19-14+,30-20-. The van der Waals surface area contributed by atoms with Crippen LogP contribution in [0.4, 0.5) is 5.69 Å². The maximum atomic E-state index is 13.4. The Morgan fingerprint density at radius 3 is 1.82 bits per heavy atom. The minimum absolute atomic E-state index is 0.0150. The summed E-state index contributed by atoms with van der Waals surface area (Å²) in [5, 5.41) is 5.49. The molecule has 2 N–H and O–H groups in total. The molecule has 0 fully saturated rings. The molecule has 9 nitrogen and oxygen atoms in total. The Labute approximate surface area is 255 Å². The van der Waals surface area contributed by atoms with E-state index in [0.29, 0.717) is 45.4 Å². The molecule has 4 aromatic rings. The smallest absolute Gasteiger partial charge is 0.272 e. The second kappa shape index (κ2) is 14.9. The van der Waals surface area contributed by atoms with E-state index in [-0.39, 0.29) is 11.5 Å². The van der Waals surface area contributed by atoms with Gasteiger partial charge < -0.3 is 29.6 Å². The van der Waals surface area contributed by atoms with Crippen LogP contribution in [0.2, 0.25) is 0 Å². The number of rotatable bonds is 12. The SMILES string of the molecule is COc1ccc(/C=C(\NC(=O)c2ccccc2)C(=O)Nc2ccc(C(=O)/C=C/c3ccc(OC)cc3OC)cc2)c(OC)c1. The van der Waals surface area contributed by atoms with E-state index in [1.165, 1.54) is 26.4 Å². The summed E-state index contributed by atoms with van der Waals surface area (Å²) >= 11 is 0. The number of anilines is 1. The fourth-order valence-corrected chi connectivity index (χ4v) is 4.17. The van der Waals surface area contributed by atoms with Crippen molar-refractivity contribution in [3.63, 3.8) is 0 Å². The number of amides is 2. The molecule has 2 amide bonds. The van der Waals surface area contributed by atoms with E-state index in [0.717, 1.165) is 5.56 Å². The maximum Gasteiger partial charge on any atom is 0.272 e. The normalized spacial score (nSPS) is 11.0. The summed E-state index contributed by atoms with van der Waals surface area (Å²) in [7, 11) is 6.15. The number of allylic oxidation sites excluding steroid dienone is 1. The molecule has 9 heteroatoms. The quantitative estimate of drug-likeness (QED) is 0.153. The number of carbonyl (C=O) groups is 3. The highest BCUT2D eigenvalue weighted by Crippen LogP contribution is 2.27. The highest BCUT2D eigenvalue weighted by Gasteiger charge is 2.17. The molecular weight excluding hydrogens is 560 g/mol. The van der Waals surface area contributed by atoms with Crippen molar-refractivity contribution in [1.29, 1.82) is 0 Å². The average molecular weight is 593 g/mol. The molecule has 0 unspecified atom stereocenters. The molecule has 0 aliphatic rings. The van der Waals surface area contributed by atoms with Crippen molar-refractivity contribution in [3.8, 4) is 23.0 Å². The minimum atomic E-state index is -0.572. The number of carbonyl (C=O) groups excluding carboxylic acids is 3. The van der Waals surface area contributed by atoms with Gasteiger partial charge in [0.15, 0.2) is 5.78 Å². The van der Waals surface area contributed by atoms with Gasteiger partial charge in [0, 0.05) is 40.1 Å². The lowest BCUT2D eigenvalue weighted by molar-refractivity contribution is -0.113. The van der Waals surface area contributed by atoms with Crippen molar-refractivity contribution in [2.45, 2.75) is 0 Å². The fraction of sp³-hybridized carbons (Fsp3) is 0.114. The van der Waals surface area contributed by atoms with Gasteiger partial charge in [-0.15, -0.1) is 0 Å². The molecule has 0 aromatic heterocycles. The molecule has 0 radical (unpaired) electrons. The monoisotopic (exact) mass is 592 g/mol. The van der Waals surface area contributed by atoms with E-state index in [2.05, 4.69) is 10.6 Å². The van der Waals surface area contributed by atoms with Gasteiger partial charge >= 0.3 is 0 Å². The van der Waals surface area contributed by atoms with E-state index in [4.69, 9.17) is 18.9 Å². The topological polar surface area (TPSA) is 112 Å². The van der Waals surface area contributed by atoms with Crippen LogP contribution >= 0.6 is 0 Å². The second-order valence-corrected chi connectivity index (χ2v) is 9.32. The lowest BCUT2D eigenvalue weighted by atomic mass is 10.1. The van der Waals surface area contributed by atoms with Gasteiger partial charge in [-0.3, -0.25) is 14.4 Å². The Balaban J connectivity index is 1.53. The van der Waals surface area contributed by atoms with Crippen LogP contribution in [-0.4, -0.2) is 46.0 Å².